The molecule has 0 saturated carbocycles. The Kier molecular flexibility index (Phi) is 14.5. The lowest BCUT2D eigenvalue weighted by atomic mass is 9.72. The number of nitro benzene ring substituents is 1. The number of nitrogens with one attached hydrogen (secondary N) is 2. The molecule has 15 heteroatoms. The monoisotopic (exact) mass is 858 g/mol. The smallest absolute Gasteiger partial charge is 0.293 e. The zero-order valence-electron chi connectivity index (χ0n) is 33.6. The van der Waals surface area contributed by atoms with E-state index in [1.807, 2.05) is 68.4 Å². The molecule has 1 aliphatic carbocycles. The minimum absolute atomic E-state index is 0.139. The van der Waals surface area contributed by atoms with Crippen LogP contribution in [0.25, 0.3) is 5.57 Å². The fraction of sp³-hybridized carbons (Fsp3) is 0.364. The third kappa shape index (κ3) is 11.7. The van der Waals surface area contributed by atoms with Gasteiger partial charge in [-0.2, -0.15) is 0 Å². The maximum atomic E-state index is 13.4. The summed E-state index contributed by atoms with van der Waals surface area (Å²) in [6.07, 6.45) is 4.17. The Morgan fingerprint density at radius 1 is 1.00 bits per heavy atom. The predicted molar refractivity (Wildman–Crippen MR) is 237 cm³/mol. The van der Waals surface area contributed by atoms with Crippen LogP contribution in [0.15, 0.2) is 112 Å². The molecule has 12 nitrogen and oxygen atoms in total. The summed E-state index contributed by atoms with van der Waals surface area (Å²) in [7, 11) is -0.535. The van der Waals surface area contributed by atoms with Gasteiger partial charge in [0.05, 0.1) is 9.82 Å². The van der Waals surface area contributed by atoms with E-state index in [1.54, 1.807) is 36.0 Å². The highest BCUT2D eigenvalue weighted by Gasteiger charge is 2.33. The third-order valence-electron chi connectivity index (χ3n) is 10.9. The average molecular weight is 860 g/mol. The Bertz CT molecular complexity index is 2250. The van der Waals surface area contributed by atoms with E-state index in [-0.39, 0.29) is 27.6 Å². The summed E-state index contributed by atoms with van der Waals surface area (Å²) >= 11 is 7.80. The van der Waals surface area contributed by atoms with Gasteiger partial charge in [-0.1, -0.05) is 54.4 Å². The summed E-state index contributed by atoms with van der Waals surface area (Å²) < 4.78 is 28.9. The fourth-order valence-corrected chi connectivity index (χ4v) is 9.63. The number of allylic oxidation sites excluding steroid dienone is 1. The highest BCUT2D eigenvalue weighted by molar-refractivity contribution is 7.99. The third-order valence-corrected chi connectivity index (χ3v) is 13.7. The molecule has 1 saturated heterocycles. The quantitative estimate of drug-likeness (QED) is 0.0464. The largest absolute Gasteiger partial charge is 0.376 e. The van der Waals surface area contributed by atoms with E-state index >= 15 is 0 Å². The zero-order chi connectivity index (χ0) is 42.2. The van der Waals surface area contributed by atoms with Gasteiger partial charge in [0, 0.05) is 77.2 Å². The van der Waals surface area contributed by atoms with Crippen molar-refractivity contribution < 1.29 is 22.9 Å². The molecular weight excluding hydrogens is 808 g/mol. The Balaban J connectivity index is 1.07. The summed E-state index contributed by atoms with van der Waals surface area (Å²) in [4.78, 5) is 44.2. The summed E-state index contributed by atoms with van der Waals surface area (Å²) in [5.74, 6) is -0.207. The van der Waals surface area contributed by atoms with E-state index in [1.165, 1.54) is 23.3 Å². The molecule has 6 rings (SSSR count). The fourth-order valence-electron chi connectivity index (χ4n) is 7.52. The van der Waals surface area contributed by atoms with E-state index in [0.717, 1.165) is 87.0 Å². The lowest BCUT2D eigenvalue weighted by molar-refractivity contribution is -0.384. The number of carbonyl (C=O) groups is 2. The number of carbonyl (C=O) groups excluding carboxylic acids is 2. The number of amides is 1. The number of hydrogen-bond donors (Lipinski definition) is 2. The van der Waals surface area contributed by atoms with Gasteiger partial charge in [0.15, 0.2) is 0 Å². The standard InChI is InChI=1S/C44H51ClN6O6S2/c1-44(31-52)21-19-40(32-9-13-35(45)14-10-32)34(28-44)29-49-23-25-50(26-24-49)37-15-11-33(12-16-37)43(53)47-59(56,57)39-17-18-41(42(27-39)51(54)55)46-36(20-22-48(2)3)30-58-38-7-5-4-6-8-38/h4-18,27,31,36,46H,19-26,28-30H2,1-3H3,(H,47,53)/t36-,44?/m1/s1. The molecule has 2 atom stereocenters. The Hall–Kier alpha value is -4.73. The molecule has 0 bridgehead atoms. The number of halogens is 1. The van der Waals surface area contributed by atoms with Crippen molar-refractivity contribution in [1.82, 2.24) is 14.5 Å². The number of benzene rings is 4. The molecule has 1 unspecified atom stereocenters. The molecule has 0 radical (unpaired) electrons. The van der Waals surface area contributed by atoms with Crippen LogP contribution in [0, 0.1) is 15.5 Å². The molecule has 2 aliphatic rings. The summed E-state index contributed by atoms with van der Waals surface area (Å²) in [5.41, 5.74) is 4.19. The number of thioether (sulfide) groups is 1. The molecule has 0 aromatic heterocycles. The second-order valence-corrected chi connectivity index (χ2v) is 19.0. The number of sulfonamides is 1. The Morgan fingerprint density at radius 2 is 1.69 bits per heavy atom. The van der Waals surface area contributed by atoms with Gasteiger partial charge in [-0.25, -0.2) is 13.1 Å². The van der Waals surface area contributed by atoms with Crippen LogP contribution in [0.4, 0.5) is 17.1 Å². The molecular formula is C44H51ClN6O6S2. The first-order chi connectivity index (χ1) is 28.2. The van der Waals surface area contributed by atoms with Crippen LogP contribution < -0.4 is 14.9 Å². The number of aldehydes is 1. The van der Waals surface area contributed by atoms with Crippen molar-refractivity contribution >= 4 is 68.2 Å². The molecule has 4 aromatic rings. The van der Waals surface area contributed by atoms with E-state index in [2.05, 4.69) is 32.0 Å². The molecule has 4 aromatic carbocycles. The van der Waals surface area contributed by atoms with E-state index < -0.39 is 26.5 Å². The van der Waals surface area contributed by atoms with Crippen LogP contribution in [0.5, 0.6) is 0 Å². The summed E-state index contributed by atoms with van der Waals surface area (Å²) in [6.45, 7) is 6.66. The Labute approximate surface area is 356 Å². The van der Waals surface area contributed by atoms with Crippen molar-refractivity contribution in [3.05, 3.63) is 129 Å². The van der Waals surface area contributed by atoms with Crippen molar-refractivity contribution in [1.29, 1.82) is 0 Å². The first-order valence-electron chi connectivity index (χ1n) is 19.7. The summed E-state index contributed by atoms with van der Waals surface area (Å²) in [6, 6.07) is 28.0. The first kappa shape index (κ1) is 43.8. The van der Waals surface area contributed by atoms with E-state index in [0.29, 0.717) is 17.2 Å². The van der Waals surface area contributed by atoms with E-state index in [9.17, 15) is 28.1 Å². The van der Waals surface area contributed by atoms with Gasteiger partial charge < -0.3 is 19.9 Å². The lowest BCUT2D eigenvalue weighted by Crippen LogP contribution is -2.47. The molecule has 1 heterocycles. The molecule has 2 N–H and O–H groups in total. The maximum absolute atomic E-state index is 13.4. The summed E-state index contributed by atoms with van der Waals surface area (Å²) in [5, 5.41) is 16.2. The van der Waals surface area contributed by atoms with Crippen LogP contribution in [-0.4, -0.2) is 100 Å². The number of piperazine rings is 1. The van der Waals surface area contributed by atoms with Crippen LogP contribution in [-0.2, 0) is 14.8 Å². The number of anilines is 2. The lowest BCUT2D eigenvalue weighted by Gasteiger charge is -2.39. The van der Waals surface area contributed by atoms with Crippen LogP contribution in [0.1, 0.15) is 48.5 Å². The maximum Gasteiger partial charge on any atom is 0.293 e. The second kappa shape index (κ2) is 19.6. The van der Waals surface area contributed by atoms with Gasteiger partial charge in [0.1, 0.15) is 12.0 Å². The zero-order valence-corrected chi connectivity index (χ0v) is 36.0. The molecule has 0 spiro atoms. The normalized spacial score (nSPS) is 18.1. The molecule has 1 aliphatic heterocycles. The molecule has 59 heavy (non-hydrogen) atoms. The van der Waals surface area contributed by atoms with Gasteiger partial charge in [-0.3, -0.25) is 19.8 Å². The predicted octanol–water partition coefficient (Wildman–Crippen LogP) is 7.86. The molecule has 1 fully saturated rings. The second-order valence-electron chi connectivity index (χ2n) is 15.8. The van der Waals surface area contributed by atoms with Crippen LogP contribution in [0.2, 0.25) is 5.02 Å². The van der Waals surface area contributed by atoms with Crippen LogP contribution >= 0.6 is 23.4 Å². The van der Waals surface area contributed by atoms with Crippen molar-refractivity contribution in [2.45, 2.75) is 48.4 Å². The topological polar surface area (TPSA) is 145 Å². The van der Waals surface area contributed by atoms with Crippen molar-refractivity contribution in [2.75, 3.05) is 69.3 Å². The van der Waals surface area contributed by atoms with Crippen molar-refractivity contribution in [2.24, 2.45) is 5.41 Å². The Morgan fingerprint density at radius 3 is 2.34 bits per heavy atom. The minimum Gasteiger partial charge on any atom is -0.376 e. The van der Waals surface area contributed by atoms with Crippen molar-refractivity contribution in [3.63, 3.8) is 0 Å². The van der Waals surface area contributed by atoms with Crippen LogP contribution in [0.3, 0.4) is 0 Å². The number of nitro groups is 1. The van der Waals surface area contributed by atoms with E-state index in [4.69, 9.17) is 11.6 Å². The van der Waals surface area contributed by atoms with Gasteiger partial charge in [-0.05, 0) is 118 Å². The molecule has 312 valence electrons. The van der Waals surface area contributed by atoms with Crippen molar-refractivity contribution in [3.8, 4) is 0 Å². The average Bonchev–Trinajstić information content (AvgIpc) is 3.23. The number of rotatable bonds is 17. The van der Waals surface area contributed by atoms with Gasteiger partial charge in [-0.15, -0.1) is 11.8 Å². The number of hydrogen-bond acceptors (Lipinski definition) is 11. The van der Waals surface area contributed by atoms with Gasteiger partial charge in [0.25, 0.3) is 21.6 Å². The first-order valence-corrected chi connectivity index (χ1v) is 22.5. The van der Waals surface area contributed by atoms with Gasteiger partial charge in [0.2, 0.25) is 0 Å². The highest BCUT2D eigenvalue weighted by Crippen LogP contribution is 2.42. The van der Waals surface area contributed by atoms with Gasteiger partial charge >= 0.3 is 0 Å². The molecule has 1 amide bonds. The SMILES string of the molecule is CN(C)CC[C@H](CSc1ccccc1)Nc1ccc(S(=O)(=O)NC(=O)c2ccc(N3CCN(CC4=C(c5ccc(Cl)cc5)CCC(C)(C=O)C4)CC3)cc2)cc1[N+](=O)[O-]. The minimum atomic E-state index is -4.45. The highest BCUT2D eigenvalue weighted by atomic mass is 35.5. The number of nitrogens with zero attached hydrogens (tertiary/aromatic N) is 4.